The summed E-state index contributed by atoms with van der Waals surface area (Å²) < 4.78 is 3.12. The van der Waals surface area contributed by atoms with Crippen molar-refractivity contribution in [3.63, 3.8) is 0 Å². The van der Waals surface area contributed by atoms with E-state index in [2.05, 4.69) is 9.97 Å². The van der Waals surface area contributed by atoms with Crippen LogP contribution in [0.1, 0.15) is 11.6 Å². The number of hydrogen-bond donors (Lipinski definition) is 2. The van der Waals surface area contributed by atoms with Crippen LogP contribution in [0.25, 0.3) is 0 Å². The van der Waals surface area contributed by atoms with E-state index in [4.69, 9.17) is 10.2 Å². The zero-order chi connectivity index (χ0) is 16.1. The average Bonchev–Trinajstić information content (AvgIpc) is 2.99. The van der Waals surface area contributed by atoms with Gasteiger partial charge in [-0.2, -0.15) is 0 Å². The van der Waals surface area contributed by atoms with Crippen molar-refractivity contribution in [3.05, 3.63) is 36.4 Å². The Labute approximate surface area is 126 Å². The van der Waals surface area contributed by atoms with Crippen molar-refractivity contribution >= 4 is 11.9 Å². The number of imidazole rings is 2. The number of carboxylic acid groups (broad SMARTS) is 2. The number of nitrogens with zero attached hydrogens (tertiary/aromatic N) is 5. The first-order valence-electron chi connectivity index (χ1n) is 6.58. The lowest BCUT2D eigenvalue weighted by Crippen LogP contribution is -2.24. The SMILES string of the molecule is CN(Cc1nccn1CC(=O)O)Cc1nccn1CC(=O)O. The van der Waals surface area contributed by atoms with Gasteiger partial charge < -0.3 is 19.3 Å². The standard InChI is InChI=1S/C13H17N5O4/c1-16(6-10-14-2-4-17(10)8-12(19)20)7-11-15-3-5-18(11)9-13(21)22/h2-5H,6-9H2,1H3,(H,19,20)(H,21,22). The highest BCUT2D eigenvalue weighted by atomic mass is 16.4. The lowest BCUT2D eigenvalue weighted by atomic mass is 10.4. The highest BCUT2D eigenvalue weighted by Gasteiger charge is 2.12. The topological polar surface area (TPSA) is 113 Å². The Balaban J connectivity index is 2.00. The number of hydrogen-bond acceptors (Lipinski definition) is 5. The molecule has 0 aliphatic heterocycles. The maximum atomic E-state index is 10.8. The van der Waals surface area contributed by atoms with E-state index in [-0.39, 0.29) is 13.1 Å². The van der Waals surface area contributed by atoms with E-state index < -0.39 is 11.9 Å². The maximum Gasteiger partial charge on any atom is 0.323 e. The minimum Gasteiger partial charge on any atom is -0.480 e. The Morgan fingerprint density at radius 1 is 1.00 bits per heavy atom. The van der Waals surface area contributed by atoms with Gasteiger partial charge in [0.05, 0.1) is 13.1 Å². The van der Waals surface area contributed by atoms with Crippen molar-refractivity contribution in [2.75, 3.05) is 7.05 Å². The zero-order valence-corrected chi connectivity index (χ0v) is 12.1. The van der Waals surface area contributed by atoms with Gasteiger partial charge in [-0.15, -0.1) is 0 Å². The van der Waals surface area contributed by atoms with Crippen LogP contribution < -0.4 is 0 Å². The third-order valence-corrected chi connectivity index (χ3v) is 3.04. The summed E-state index contributed by atoms with van der Waals surface area (Å²) in [5, 5.41) is 17.7. The quantitative estimate of drug-likeness (QED) is 0.699. The van der Waals surface area contributed by atoms with Crippen molar-refractivity contribution in [2.45, 2.75) is 26.2 Å². The molecular formula is C13H17N5O4. The van der Waals surface area contributed by atoms with Crippen molar-refractivity contribution in [1.29, 1.82) is 0 Å². The van der Waals surface area contributed by atoms with Gasteiger partial charge in [-0.3, -0.25) is 14.5 Å². The summed E-state index contributed by atoms with van der Waals surface area (Å²) in [6.07, 6.45) is 6.33. The second-order valence-corrected chi connectivity index (χ2v) is 4.90. The number of carbonyl (C=O) groups is 2. The van der Waals surface area contributed by atoms with E-state index in [1.807, 2.05) is 11.9 Å². The summed E-state index contributed by atoms with van der Waals surface area (Å²) in [5.41, 5.74) is 0. The normalized spacial score (nSPS) is 11.0. The van der Waals surface area contributed by atoms with Gasteiger partial charge in [0.2, 0.25) is 0 Å². The Kier molecular flexibility index (Phi) is 4.89. The monoisotopic (exact) mass is 307 g/mol. The van der Waals surface area contributed by atoms with E-state index in [9.17, 15) is 9.59 Å². The summed E-state index contributed by atoms with van der Waals surface area (Å²) in [4.78, 5) is 31.7. The van der Waals surface area contributed by atoms with E-state index >= 15 is 0 Å². The van der Waals surface area contributed by atoms with Crippen molar-refractivity contribution in [3.8, 4) is 0 Å². The van der Waals surface area contributed by atoms with Gasteiger partial charge in [-0.25, -0.2) is 9.97 Å². The summed E-state index contributed by atoms with van der Waals surface area (Å²) in [6.45, 7) is 0.577. The third kappa shape index (κ3) is 4.16. The first-order valence-corrected chi connectivity index (χ1v) is 6.58. The Hall–Kier alpha value is -2.68. The largest absolute Gasteiger partial charge is 0.480 e. The van der Waals surface area contributed by atoms with Gasteiger partial charge >= 0.3 is 11.9 Å². The smallest absolute Gasteiger partial charge is 0.323 e. The van der Waals surface area contributed by atoms with Gasteiger partial charge in [-0.1, -0.05) is 0 Å². The first-order chi connectivity index (χ1) is 10.5. The molecule has 0 atom stereocenters. The number of aromatic nitrogens is 4. The molecular weight excluding hydrogens is 290 g/mol. The maximum absolute atomic E-state index is 10.8. The molecule has 0 aromatic carbocycles. The van der Waals surface area contributed by atoms with Crippen LogP contribution in [0.3, 0.4) is 0 Å². The molecule has 2 aromatic rings. The molecule has 9 heteroatoms. The molecule has 0 aliphatic carbocycles. The van der Waals surface area contributed by atoms with Crippen LogP contribution in [0.5, 0.6) is 0 Å². The Morgan fingerprint density at radius 3 is 1.77 bits per heavy atom. The fourth-order valence-electron chi connectivity index (χ4n) is 2.10. The second kappa shape index (κ2) is 6.85. The minimum atomic E-state index is -0.932. The number of carboxylic acids is 2. The lowest BCUT2D eigenvalue weighted by molar-refractivity contribution is -0.138. The molecule has 0 saturated carbocycles. The average molecular weight is 307 g/mol. The summed E-state index contributed by atoms with van der Waals surface area (Å²) in [6, 6.07) is 0. The fourth-order valence-corrected chi connectivity index (χ4v) is 2.10. The van der Waals surface area contributed by atoms with E-state index in [1.54, 1.807) is 33.9 Å². The van der Waals surface area contributed by atoms with Gasteiger partial charge in [0.25, 0.3) is 0 Å². The zero-order valence-electron chi connectivity index (χ0n) is 12.1. The van der Waals surface area contributed by atoms with Gasteiger partial charge in [-0.05, 0) is 7.05 Å². The van der Waals surface area contributed by atoms with Crippen LogP contribution >= 0.6 is 0 Å². The molecule has 2 aromatic heterocycles. The summed E-state index contributed by atoms with van der Waals surface area (Å²) >= 11 is 0. The number of aliphatic carboxylic acids is 2. The molecule has 0 saturated heterocycles. The van der Waals surface area contributed by atoms with Gasteiger partial charge in [0.15, 0.2) is 0 Å². The molecule has 9 nitrogen and oxygen atoms in total. The molecule has 0 spiro atoms. The molecule has 0 bridgehead atoms. The van der Waals surface area contributed by atoms with E-state index in [0.717, 1.165) is 0 Å². The van der Waals surface area contributed by atoms with Gasteiger partial charge in [0, 0.05) is 24.8 Å². The molecule has 2 rings (SSSR count). The Bertz CT molecular complexity index is 607. The molecule has 0 radical (unpaired) electrons. The van der Waals surface area contributed by atoms with Crippen LogP contribution in [0.4, 0.5) is 0 Å². The third-order valence-electron chi connectivity index (χ3n) is 3.04. The van der Waals surface area contributed by atoms with Crippen LogP contribution in [0.15, 0.2) is 24.8 Å². The van der Waals surface area contributed by atoms with Crippen molar-refractivity contribution < 1.29 is 19.8 Å². The molecule has 2 heterocycles. The van der Waals surface area contributed by atoms with Crippen molar-refractivity contribution in [2.24, 2.45) is 0 Å². The molecule has 2 N–H and O–H groups in total. The van der Waals surface area contributed by atoms with Crippen molar-refractivity contribution in [1.82, 2.24) is 24.0 Å². The minimum absolute atomic E-state index is 0.142. The lowest BCUT2D eigenvalue weighted by Gasteiger charge is -2.17. The van der Waals surface area contributed by atoms with E-state index in [1.165, 1.54) is 0 Å². The molecule has 22 heavy (non-hydrogen) atoms. The predicted octanol–water partition coefficient (Wildman–Crippen LogP) is -0.119. The molecule has 0 amide bonds. The first kappa shape index (κ1) is 15.7. The van der Waals surface area contributed by atoms with Gasteiger partial charge in [0.1, 0.15) is 24.7 Å². The second-order valence-electron chi connectivity index (χ2n) is 4.90. The molecule has 0 fully saturated rings. The number of rotatable bonds is 8. The summed E-state index contributed by atoms with van der Waals surface area (Å²) in [7, 11) is 1.83. The summed E-state index contributed by atoms with van der Waals surface area (Å²) in [5.74, 6) is -0.611. The van der Waals surface area contributed by atoms with Crippen LogP contribution in [-0.2, 0) is 35.8 Å². The highest BCUT2D eigenvalue weighted by molar-refractivity contribution is 5.66. The molecule has 0 aliphatic rings. The van der Waals surface area contributed by atoms with Crippen LogP contribution in [0.2, 0.25) is 0 Å². The molecule has 0 unspecified atom stereocenters. The van der Waals surface area contributed by atoms with E-state index in [0.29, 0.717) is 24.7 Å². The van der Waals surface area contributed by atoms with Crippen LogP contribution in [0, 0.1) is 0 Å². The van der Waals surface area contributed by atoms with Crippen LogP contribution in [-0.4, -0.2) is 53.2 Å². The fraction of sp³-hybridized carbons (Fsp3) is 0.385. The Morgan fingerprint density at radius 2 is 1.41 bits per heavy atom. The predicted molar refractivity (Wildman–Crippen MR) is 74.9 cm³/mol. The highest BCUT2D eigenvalue weighted by Crippen LogP contribution is 2.07. The molecule has 118 valence electrons.